The Labute approximate surface area is 106 Å². The van der Waals surface area contributed by atoms with Crippen LogP contribution in [0.3, 0.4) is 0 Å². The first kappa shape index (κ1) is 12.0. The van der Waals surface area contributed by atoms with Crippen LogP contribution in [0.4, 0.5) is 0 Å². The summed E-state index contributed by atoms with van der Waals surface area (Å²) < 4.78 is 0. The van der Waals surface area contributed by atoms with Gasteiger partial charge in [-0.25, -0.2) is 0 Å². The van der Waals surface area contributed by atoms with Crippen LogP contribution in [0, 0.1) is 29.1 Å². The monoisotopic (exact) mass is 236 g/mol. The minimum atomic E-state index is 0.0111. The van der Waals surface area contributed by atoms with Crippen molar-refractivity contribution < 1.29 is 5.11 Å². The Morgan fingerprint density at radius 3 is 2.41 bits per heavy atom. The molecule has 1 heteroatoms. The zero-order valence-electron chi connectivity index (χ0n) is 11.5. The van der Waals surface area contributed by atoms with Crippen molar-refractivity contribution in [2.45, 2.75) is 71.3 Å². The van der Waals surface area contributed by atoms with Crippen molar-refractivity contribution in [1.29, 1.82) is 0 Å². The van der Waals surface area contributed by atoms with Gasteiger partial charge in [0.2, 0.25) is 0 Å². The van der Waals surface area contributed by atoms with E-state index < -0.39 is 0 Å². The third-order valence-corrected chi connectivity index (χ3v) is 6.62. The molecule has 0 aromatic carbocycles. The minimum absolute atomic E-state index is 0.0111. The summed E-state index contributed by atoms with van der Waals surface area (Å²) in [5, 5.41) is 10.3. The first-order valence-corrected chi connectivity index (χ1v) is 7.83. The lowest BCUT2D eigenvalue weighted by atomic mass is 9.44. The van der Waals surface area contributed by atoms with Crippen LogP contribution >= 0.6 is 0 Å². The van der Waals surface area contributed by atoms with Gasteiger partial charge in [0.1, 0.15) is 0 Å². The number of aliphatic hydroxyl groups is 1. The van der Waals surface area contributed by atoms with Gasteiger partial charge >= 0.3 is 0 Å². The van der Waals surface area contributed by atoms with Crippen LogP contribution in [0.15, 0.2) is 0 Å². The maximum atomic E-state index is 10.3. The topological polar surface area (TPSA) is 20.2 Å². The van der Waals surface area contributed by atoms with Crippen molar-refractivity contribution in [3.63, 3.8) is 0 Å². The number of rotatable bonds is 0. The van der Waals surface area contributed by atoms with Gasteiger partial charge in [-0.05, 0) is 48.3 Å². The molecule has 0 aromatic rings. The lowest BCUT2D eigenvalue weighted by Crippen LogP contribution is -2.57. The van der Waals surface area contributed by atoms with Gasteiger partial charge in [-0.15, -0.1) is 0 Å². The van der Waals surface area contributed by atoms with Gasteiger partial charge in [0, 0.05) is 0 Å². The Kier molecular flexibility index (Phi) is 3.01. The molecule has 0 aromatic heterocycles. The lowest BCUT2D eigenvalue weighted by molar-refractivity contribution is -0.146. The SMILES string of the molecule is CC1CC(O)C2C3CCCCCCCC3C12C. The predicted molar refractivity (Wildman–Crippen MR) is 70.7 cm³/mol. The smallest absolute Gasteiger partial charge is 0.0579 e. The quantitative estimate of drug-likeness (QED) is 0.674. The molecule has 3 rings (SSSR count). The van der Waals surface area contributed by atoms with E-state index in [1.54, 1.807) is 0 Å². The summed E-state index contributed by atoms with van der Waals surface area (Å²) in [5.74, 6) is 3.17. The second-order valence-electron chi connectivity index (χ2n) is 7.21. The molecule has 3 fully saturated rings. The van der Waals surface area contributed by atoms with Crippen molar-refractivity contribution in [1.82, 2.24) is 0 Å². The van der Waals surface area contributed by atoms with E-state index in [4.69, 9.17) is 0 Å². The molecule has 17 heavy (non-hydrogen) atoms. The summed E-state index contributed by atoms with van der Waals surface area (Å²) in [4.78, 5) is 0. The zero-order chi connectivity index (χ0) is 12.0. The highest BCUT2D eigenvalue weighted by Gasteiger charge is 2.65. The maximum absolute atomic E-state index is 10.3. The van der Waals surface area contributed by atoms with Crippen molar-refractivity contribution in [3.05, 3.63) is 0 Å². The van der Waals surface area contributed by atoms with E-state index in [-0.39, 0.29) is 6.10 Å². The van der Waals surface area contributed by atoms with Gasteiger partial charge in [0.25, 0.3) is 0 Å². The first-order chi connectivity index (χ1) is 8.15. The van der Waals surface area contributed by atoms with Gasteiger partial charge in [0.15, 0.2) is 0 Å². The fraction of sp³-hybridized carbons (Fsp3) is 1.00. The van der Waals surface area contributed by atoms with Gasteiger partial charge in [-0.1, -0.05) is 46.0 Å². The van der Waals surface area contributed by atoms with Gasteiger partial charge < -0.3 is 5.11 Å². The molecule has 0 aliphatic heterocycles. The molecule has 0 amide bonds. The number of hydrogen-bond donors (Lipinski definition) is 1. The Balaban J connectivity index is 1.81. The van der Waals surface area contributed by atoms with E-state index in [1.165, 1.54) is 44.9 Å². The summed E-state index contributed by atoms with van der Waals surface area (Å²) in [5.41, 5.74) is 0.481. The van der Waals surface area contributed by atoms with Crippen LogP contribution in [0.2, 0.25) is 0 Å². The van der Waals surface area contributed by atoms with E-state index in [2.05, 4.69) is 13.8 Å². The molecule has 3 aliphatic rings. The van der Waals surface area contributed by atoms with E-state index in [9.17, 15) is 5.11 Å². The van der Waals surface area contributed by atoms with Crippen LogP contribution in [-0.2, 0) is 0 Å². The molecule has 1 N–H and O–H groups in total. The molecule has 0 heterocycles. The van der Waals surface area contributed by atoms with Crippen LogP contribution in [0.1, 0.15) is 65.2 Å². The predicted octanol–water partition coefficient (Wildman–Crippen LogP) is 4.00. The molecule has 0 bridgehead atoms. The Morgan fingerprint density at radius 1 is 1.00 bits per heavy atom. The van der Waals surface area contributed by atoms with Gasteiger partial charge in [-0.3, -0.25) is 0 Å². The minimum Gasteiger partial charge on any atom is -0.393 e. The highest BCUT2D eigenvalue weighted by atomic mass is 16.3. The number of hydrogen-bond acceptors (Lipinski definition) is 1. The van der Waals surface area contributed by atoms with Crippen molar-refractivity contribution in [2.75, 3.05) is 0 Å². The summed E-state index contributed by atoms with van der Waals surface area (Å²) >= 11 is 0. The standard InChI is InChI=1S/C16H28O/c1-11-10-14(17)15-12-8-6-4-3-5-7-9-13(12)16(11,15)2/h11-15,17H,3-10H2,1-2H3. The van der Waals surface area contributed by atoms with Gasteiger partial charge in [-0.2, -0.15) is 0 Å². The summed E-state index contributed by atoms with van der Waals surface area (Å²) in [6.45, 7) is 4.86. The second-order valence-corrected chi connectivity index (χ2v) is 7.21. The Hall–Kier alpha value is -0.0400. The molecule has 98 valence electrons. The highest BCUT2D eigenvalue weighted by Crippen LogP contribution is 2.69. The zero-order valence-corrected chi connectivity index (χ0v) is 11.5. The number of fused-ring (bicyclic) bond motifs is 4. The number of aliphatic hydroxyl groups excluding tert-OH is 1. The normalized spacial score (nSPS) is 54.9. The van der Waals surface area contributed by atoms with Gasteiger partial charge in [0.05, 0.1) is 6.10 Å². The molecule has 6 unspecified atom stereocenters. The molecule has 3 saturated carbocycles. The lowest BCUT2D eigenvalue weighted by Gasteiger charge is -2.60. The second kappa shape index (κ2) is 4.26. The average Bonchev–Trinajstić information content (AvgIpc) is 2.53. The van der Waals surface area contributed by atoms with Crippen LogP contribution < -0.4 is 0 Å². The van der Waals surface area contributed by atoms with E-state index in [1.807, 2.05) is 0 Å². The molecular formula is C16H28O. The van der Waals surface area contributed by atoms with Crippen LogP contribution in [0.25, 0.3) is 0 Å². The molecule has 0 saturated heterocycles. The molecule has 0 radical (unpaired) electrons. The third kappa shape index (κ3) is 1.61. The van der Waals surface area contributed by atoms with E-state index in [0.717, 1.165) is 24.2 Å². The molecule has 3 aliphatic carbocycles. The van der Waals surface area contributed by atoms with Crippen molar-refractivity contribution in [3.8, 4) is 0 Å². The van der Waals surface area contributed by atoms with Crippen LogP contribution in [0.5, 0.6) is 0 Å². The summed E-state index contributed by atoms with van der Waals surface area (Å²) in [6.07, 6.45) is 11.1. The van der Waals surface area contributed by atoms with Crippen molar-refractivity contribution >= 4 is 0 Å². The average molecular weight is 236 g/mol. The molecule has 1 nitrogen and oxygen atoms in total. The first-order valence-electron chi connectivity index (χ1n) is 7.83. The Morgan fingerprint density at radius 2 is 1.65 bits per heavy atom. The van der Waals surface area contributed by atoms with Crippen molar-refractivity contribution in [2.24, 2.45) is 29.1 Å². The third-order valence-electron chi connectivity index (χ3n) is 6.62. The Bertz CT molecular complexity index is 287. The fourth-order valence-electron chi connectivity index (χ4n) is 5.64. The largest absolute Gasteiger partial charge is 0.393 e. The maximum Gasteiger partial charge on any atom is 0.0579 e. The summed E-state index contributed by atoms with van der Waals surface area (Å²) in [6, 6.07) is 0. The van der Waals surface area contributed by atoms with Crippen LogP contribution in [-0.4, -0.2) is 11.2 Å². The molecule has 0 spiro atoms. The van der Waals surface area contributed by atoms with E-state index >= 15 is 0 Å². The molecule has 6 atom stereocenters. The molecular weight excluding hydrogens is 208 g/mol. The highest BCUT2D eigenvalue weighted by molar-refractivity contribution is 5.13. The fourth-order valence-corrected chi connectivity index (χ4v) is 5.64. The van der Waals surface area contributed by atoms with E-state index in [0.29, 0.717) is 11.3 Å². The summed E-state index contributed by atoms with van der Waals surface area (Å²) in [7, 11) is 0.